The van der Waals surface area contributed by atoms with Gasteiger partial charge < -0.3 is 20.6 Å². The number of anilines is 3. The van der Waals surface area contributed by atoms with E-state index in [0.29, 0.717) is 11.5 Å². The highest BCUT2D eigenvalue weighted by Crippen LogP contribution is 2.21. The molecule has 0 aliphatic carbocycles. The number of nitrogen functional groups attached to an aromatic ring is 2. The number of aromatic nitrogens is 4. The van der Waals surface area contributed by atoms with Gasteiger partial charge in [-0.1, -0.05) is 24.3 Å². The molecule has 172 valence electrons. The fraction of sp³-hybridized carbons (Fsp3) is 0.100. The molecular weight excluding hydrogens is 448 g/mol. The molecule has 4 rings (SSSR count). The lowest BCUT2D eigenvalue weighted by atomic mass is 10.2. The van der Waals surface area contributed by atoms with Crippen LogP contribution in [0.5, 0.6) is 11.9 Å². The highest BCUT2D eigenvalue weighted by Gasteiger charge is 2.16. The fourth-order valence-corrected chi connectivity index (χ4v) is 3.62. The van der Waals surface area contributed by atoms with Crippen LogP contribution in [0.2, 0.25) is 0 Å². The van der Waals surface area contributed by atoms with Crippen molar-refractivity contribution in [3.8, 4) is 11.9 Å². The molecule has 0 saturated carbocycles. The Bertz CT molecular complexity index is 1310. The number of ether oxygens (including phenoxy) is 2. The van der Waals surface area contributed by atoms with E-state index in [-0.39, 0.29) is 22.6 Å². The number of nitrogens with one attached hydrogen (secondary N) is 2. The number of hydrogen-bond acceptors (Lipinski definition) is 11. The number of fused-ring (bicyclic) bond motifs is 1. The van der Waals surface area contributed by atoms with E-state index in [1.165, 1.54) is 44.6 Å². The second-order valence-electron chi connectivity index (χ2n) is 6.38. The first-order chi connectivity index (χ1) is 15.9. The van der Waals surface area contributed by atoms with Gasteiger partial charge in [-0.15, -0.1) is 5.10 Å². The molecule has 4 aromatic rings. The van der Waals surface area contributed by atoms with Crippen molar-refractivity contribution in [2.75, 3.05) is 30.1 Å². The Morgan fingerprint density at radius 1 is 0.970 bits per heavy atom. The molecule has 2 aromatic carbocycles. The van der Waals surface area contributed by atoms with E-state index in [1.807, 2.05) is 24.3 Å². The highest BCUT2D eigenvalue weighted by atomic mass is 32.2. The van der Waals surface area contributed by atoms with Crippen LogP contribution in [0.1, 0.15) is 0 Å². The van der Waals surface area contributed by atoms with Crippen molar-refractivity contribution >= 4 is 38.1 Å². The Hall–Kier alpha value is -4.23. The Morgan fingerprint density at radius 2 is 1.70 bits per heavy atom. The summed E-state index contributed by atoms with van der Waals surface area (Å²) in [5.41, 5.74) is 8.50. The smallest absolute Gasteiger partial charge is 0.321 e. The number of benzene rings is 2. The van der Waals surface area contributed by atoms with Crippen LogP contribution in [0.25, 0.3) is 10.8 Å². The minimum absolute atomic E-state index is 0.00986. The van der Waals surface area contributed by atoms with Crippen molar-refractivity contribution in [3.05, 3.63) is 60.8 Å². The first-order valence-electron chi connectivity index (χ1n) is 9.38. The number of rotatable bonds is 6. The molecule has 33 heavy (non-hydrogen) atoms. The van der Waals surface area contributed by atoms with Crippen LogP contribution in [-0.4, -0.2) is 42.8 Å². The summed E-state index contributed by atoms with van der Waals surface area (Å²) in [5.74, 6) is 6.08. The molecule has 0 unspecified atom stereocenters. The lowest BCUT2D eigenvalue weighted by Crippen LogP contribution is -2.14. The largest absolute Gasteiger partial charge is 0.481 e. The Balaban J connectivity index is 0.000000215. The Labute approximate surface area is 190 Å². The minimum atomic E-state index is -3.79. The number of methoxy groups -OCH3 is 2. The summed E-state index contributed by atoms with van der Waals surface area (Å²) in [6, 6.07) is 14.9. The molecule has 0 spiro atoms. The summed E-state index contributed by atoms with van der Waals surface area (Å²) in [7, 11) is -1.02. The number of sulfonamides is 1. The number of nitrogens with zero attached hydrogens (tertiary/aromatic N) is 4. The van der Waals surface area contributed by atoms with Crippen LogP contribution < -0.4 is 31.2 Å². The SMILES string of the molecule is COc1cc(NS(=O)(=O)c2ccc(N)cc2)nc(OC)n1.NNc1nncc2ccccc12. The summed E-state index contributed by atoms with van der Waals surface area (Å²) in [5, 5.41) is 9.64. The van der Waals surface area contributed by atoms with Gasteiger partial charge in [-0.05, 0) is 24.3 Å². The summed E-state index contributed by atoms with van der Waals surface area (Å²) in [4.78, 5) is 7.84. The predicted molar refractivity (Wildman–Crippen MR) is 124 cm³/mol. The Morgan fingerprint density at radius 3 is 2.36 bits per heavy atom. The lowest BCUT2D eigenvalue weighted by molar-refractivity contribution is 0.353. The zero-order valence-corrected chi connectivity index (χ0v) is 18.6. The average molecular weight is 471 g/mol. The molecule has 0 saturated heterocycles. The van der Waals surface area contributed by atoms with Gasteiger partial charge in [0.15, 0.2) is 11.6 Å². The third kappa shape index (κ3) is 5.93. The molecule has 2 aromatic heterocycles. The average Bonchev–Trinajstić information content (AvgIpc) is 2.83. The standard InChI is InChI=1S/C12H14N4O4S.C8H8N4/c1-19-11-7-10(14-12(15-11)20-2)16-21(17,18)9-5-3-8(13)4-6-9;9-11-8-7-4-2-1-3-6(7)5-10-12-8/h3-7H,13H2,1-2H3,(H,14,15,16);1-5H,9H2,(H,11,12). The molecule has 2 heterocycles. The molecule has 12 nitrogen and oxygen atoms in total. The summed E-state index contributed by atoms with van der Waals surface area (Å²) >= 11 is 0. The van der Waals surface area contributed by atoms with E-state index in [2.05, 4.69) is 30.3 Å². The number of hydrazine groups is 1. The van der Waals surface area contributed by atoms with Crippen LogP contribution in [0.15, 0.2) is 65.7 Å². The number of nitrogens with two attached hydrogens (primary N) is 2. The van der Waals surface area contributed by atoms with Crippen LogP contribution >= 0.6 is 0 Å². The van der Waals surface area contributed by atoms with Gasteiger partial charge in [0.1, 0.15) is 0 Å². The second kappa shape index (κ2) is 10.4. The second-order valence-corrected chi connectivity index (χ2v) is 8.06. The van der Waals surface area contributed by atoms with Gasteiger partial charge in [0, 0.05) is 22.5 Å². The molecular formula is C20H22N8O4S. The van der Waals surface area contributed by atoms with Gasteiger partial charge in [0.05, 0.1) is 25.3 Å². The summed E-state index contributed by atoms with van der Waals surface area (Å²) in [6.07, 6.45) is 1.70. The number of hydrogen-bond donors (Lipinski definition) is 4. The predicted octanol–water partition coefficient (Wildman–Crippen LogP) is 1.79. The Kier molecular flexibility index (Phi) is 7.38. The minimum Gasteiger partial charge on any atom is -0.481 e. The van der Waals surface area contributed by atoms with Gasteiger partial charge in [-0.25, -0.2) is 14.3 Å². The topological polar surface area (TPSA) is 180 Å². The van der Waals surface area contributed by atoms with Crippen LogP contribution in [0, 0.1) is 0 Å². The zero-order chi connectivity index (χ0) is 23.8. The quantitative estimate of drug-likeness (QED) is 0.183. The highest BCUT2D eigenvalue weighted by molar-refractivity contribution is 7.92. The maximum absolute atomic E-state index is 12.2. The van der Waals surface area contributed by atoms with Crippen molar-refractivity contribution in [1.29, 1.82) is 0 Å². The molecule has 0 amide bonds. The maximum atomic E-state index is 12.2. The van der Waals surface area contributed by atoms with Crippen molar-refractivity contribution in [3.63, 3.8) is 0 Å². The normalized spacial score (nSPS) is 10.6. The molecule has 0 atom stereocenters. The van der Waals surface area contributed by atoms with E-state index >= 15 is 0 Å². The maximum Gasteiger partial charge on any atom is 0.321 e. The van der Waals surface area contributed by atoms with Gasteiger partial charge in [-0.3, -0.25) is 4.72 Å². The van der Waals surface area contributed by atoms with E-state index in [1.54, 1.807) is 6.20 Å². The van der Waals surface area contributed by atoms with Gasteiger partial charge in [-0.2, -0.15) is 15.1 Å². The van der Waals surface area contributed by atoms with Gasteiger partial charge >= 0.3 is 6.01 Å². The summed E-state index contributed by atoms with van der Waals surface area (Å²) in [6.45, 7) is 0. The van der Waals surface area contributed by atoms with E-state index in [4.69, 9.17) is 21.1 Å². The zero-order valence-electron chi connectivity index (χ0n) is 17.8. The van der Waals surface area contributed by atoms with Crippen LogP contribution in [-0.2, 0) is 10.0 Å². The van der Waals surface area contributed by atoms with Gasteiger partial charge in [0.2, 0.25) is 5.88 Å². The van der Waals surface area contributed by atoms with Crippen molar-refractivity contribution in [2.45, 2.75) is 4.90 Å². The van der Waals surface area contributed by atoms with Gasteiger partial charge in [0.25, 0.3) is 10.0 Å². The molecule has 0 aliphatic heterocycles. The molecule has 0 radical (unpaired) electrons. The van der Waals surface area contributed by atoms with E-state index < -0.39 is 10.0 Å². The first-order valence-corrected chi connectivity index (χ1v) is 10.9. The van der Waals surface area contributed by atoms with Crippen LogP contribution in [0.4, 0.5) is 17.3 Å². The molecule has 0 bridgehead atoms. The lowest BCUT2D eigenvalue weighted by Gasteiger charge is -2.09. The van der Waals surface area contributed by atoms with Crippen molar-refractivity contribution < 1.29 is 17.9 Å². The van der Waals surface area contributed by atoms with E-state index in [0.717, 1.165) is 10.8 Å². The van der Waals surface area contributed by atoms with Crippen molar-refractivity contribution in [1.82, 2.24) is 20.2 Å². The molecule has 6 N–H and O–H groups in total. The van der Waals surface area contributed by atoms with Crippen molar-refractivity contribution in [2.24, 2.45) is 5.84 Å². The first kappa shape index (κ1) is 23.4. The molecule has 0 aliphatic rings. The molecule has 0 fully saturated rings. The monoisotopic (exact) mass is 470 g/mol. The molecule has 13 heteroatoms. The van der Waals surface area contributed by atoms with Crippen LogP contribution in [0.3, 0.4) is 0 Å². The third-order valence-corrected chi connectivity index (χ3v) is 5.58. The van der Waals surface area contributed by atoms with E-state index in [9.17, 15) is 8.42 Å². The fourth-order valence-electron chi connectivity index (χ4n) is 2.63. The third-order valence-electron chi connectivity index (χ3n) is 4.21. The summed E-state index contributed by atoms with van der Waals surface area (Å²) < 4.78 is 36.6.